The van der Waals surface area contributed by atoms with Crippen molar-refractivity contribution < 1.29 is 9.32 Å². The van der Waals surface area contributed by atoms with Gasteiger partial charge in [-0.1, -0.05) is 35.5 Å². The highest BCUT2D eigenvalue weighted by atomic mass is 16.5. The van der Waals surface area contributed by atoms with Crippen molar-refractivity contribution in [2.45, 2.75) is 43.7 Å². The molecule has 0 unspecified atom stereocenters. The normalized spacial score (nSPS) is 24.0. The van der Waals surface area contributed by atoms with E-state index in [2.05, 4.69) is 59.8 Å². The largest absolute Gasteiger partial charge is 0.364 e. The lowest BCUT2D eigenvalue weighted by atomic mass is 9.75. The van der Waals surface area contributed by atoms with Crippen molar-refractivity contribution in [3.8, 4) is 0 Å². The van der Waals surface area contributed by atoms with Gasteiger partial charge in [-0.2, -0.15) is 0 Å². The summed E-state index contributed by atoms with van der Waals surface area (Å²) in [5, 5.41) is 6.69. The predicted molar refractivity (Wildman–Crippen MR) is 92.8 cm³/mol. The van der Waals surface area contributed by atoms with E-state index in [0.29, 0.717) is 5.56 Å². The van der Waals surface area contributed by atoms with Gasteiger partial charge < -0.3 is 14.7 Å². The van der Waals surface area contributed by atoms with Gasteiger partial charge in [0.25, 0.3) is 5.91 Å². The molecule has 1 aromatic carbocycles. The number of rotatable bonds is 5. The number of aromatic nitrogens is 1. The monoisotopic (exact) mass is 327 g/mol. The summed E-state index contributed by atoms with van der Waals surface area (Å²) < 4.78 is 4.74. The third-order valence-electron chi connectivity index (χ3n) is 5.27. The first kappa shape index (κ1) is 16.7. The van der Waals surface area contributed by atoms with Crippen molar-refractivity contribution >= 4 is 5.91 Å². The van der Waals surface area contributed by atoms with Crippen molar-refractivity contribution in [2.24, 2.45) is 0 Å². The molecular formula is C19H25N3O2. The van der Waals surface area contributed by atoms with Crippen LogP contribution >= 0.6 is 0 Å². The summed E-state index contributed by atoms with van der Waals surface area (Å²) in [7, 11) is 4.33. The fourth-order valence-corrected chi connectivity index (χ4v) is 3.64. The van der Waals surface area contributed by atoms with Gasteiger partial charge in [0.1, 0.15) is 6.26 Å². The minimum Gasteiger partial charge on any atom is -0.364 e. The van der Waals surface area contributed by atoms with Crippen LogP contribution < -0.4 is 5.32 Å². The van der Waals surface area contributed by atoms with Crippen LogP contribution in [0.2, 0.25) is 0 Å². The topological polar surface area (TPSA) is 58.4 Å². The second kappa shape index (κ2) is 7.18. The SMILES string of the molecule is CN(C)C1(Cc2ccccc2)CCC(NC(=O)c2cnoc2)CC1. The lowest BCUT2D eigenvalue weighted by molar-refractivity contribution is 0.0769. The van der Waals surface area contributed by atoms with Gasteiger partial charge >= 0.3 is 0 Å². The fraction of sp³-hybridized carbons (Fsp3) is 0.474. The molecule has 2 aromatic rings. The molecule has 0 radical (unpaired) electrons. The molecule has 1 aliphatic rings. The van der Waals surface area contributed by atoms with Crippen LogP contribution in [0.4, 0.5) is 0 Å². The van der Waals surface area contributed by atoms with Crippen LogP contribution in [-0.4, -0.2) is 41.6 Å². The lowest BCUT2D eigenvalue weighted by Crippen LogP contribution is -2.52. The van der Waals surface area contributed by atoms with E-state index in [9.17, 15) is 4.79 Å². The van der Waals surface area contributed by atoms with E-state index >= 15 is 0 Å². The van der Waals surface area contributed by atoms with Crippen LogP contribution in [0.3, 0.4) is 0 Å². The van der Waals surface area contributed by atoms with Gasteiger partial charge in [-0.3, -0.25) is 4.79 Å². The lowest BCUT2D eigenvalue weighted by Gasteiger charge is -2.45. The van der Waals surface area contributed by atoms with Crippen molar-refractivity contribution in [1.82, 2.24) is 15.4 Å². The molecular weight excluding hydrogens is 302 g/mol. The maximum atomic E-state index is 12.1. The average Bonchev–Trinajstić information content (AvgIpc) is 3.12. The minimum atomic E-state index is -0.0957. The Hall–Kier alpha value is -2.14. The molecule has 5 nitrogen and oxygen atoms in total. The Bertz CT molecular complexity index is 645. The van der Waals surface area contributed by atoms with Crippen molar-refractivity contribution in [3.63, 3.8) is 0 Å². The highest BCUT2D eigenvalue weighted by molar-refractivity contribution is 5.93. The molecule has 1 fully saturated rings. The molecule has 0 spiro atoms. The van der Waals surface area contributed by atoms with Gasteiger partial charge in [0.2, 0.25) is 0 Å². The van der Waals surface area contributed by atoms with Crippen LogP contribution in [0.15, 0.2) is 47.3 Å². The maximum absolute atomic E-state index is 12.1. The Morgan fingerprint density at radius 1 is 1.29 bits per heavy atom. The van der Waals surface area contributed by atoms with Gasteiger partial charge in [-0.05, 0) is 51.8 Å². The fourth-order valence-electron chi connectivity index (χ4n) is 3.64. The number of nitrogens with one attached hydrogen (secondary N) is 1. The second-order valence-corrected chi connectivity index (χ2v) is 6.94. The summed E-state index contributed by atoms with van der Waals surface area (Å²) in [6, 6.07) is 10.9. The van der Waals surface area contributed by atoms with E-state index in [-0.39, 0.29) is 17.5 Å². The Kier molecular flexibility index (Phi) is 5.00. The zero-order valence-corrected chi connectivity index (χ0v) is 14.4. The number of nitrogens with zero attached hydrogens (tertiary/aromatic N) is 2. The maximum Gasteiger partial charge on any atom is 0.256 e. The molecule has 1 N–H and O–H groups in total. The van der Waals surface area contributed by atoms with E-state index in [0.717, 1.165) is 32.1 Å². The number of benzene rings is 1. The van der Waals surface area contributed by atoms with E-state index in [1.54, 1.807) is 0 Å². The number of likely N-dealkylation sites (N-methyl/N-ethyl adjacent to an activating group) is 1. The molecule has 1 aromatic heterocycles. The first-order chi connectivity index (χ1) is 11.6. The Morgan fingerprint density at radius 3 is 2.58 bits per heavy atom. The first-order valence-corrected chi connectivity index (χ1v) is 8.51. The minimum absolute atomic E-state index is 0.0957. The molecule has 24 heavy (non-hydrogen) atoms. The Balaban J connectivity index is 1.61. The van der Waals surface area contributed by atoms with E-state index in [4.69, 9.17) is 4.52 Å². The number of amides is 1. The molecule has 0 saturated heterocycles. The van der Waals surface area contributed by atoms with E-state index in [1.165, 1.54) is 18.0 Å². The summed E-state index contributed by atoms with van der Waals surface area (Å²) in [6.45, 7) is 0. The summed E-state index contributed by atoms with van der Waals surface area (Å²) >= 11 is 0. The Labute approximate surface area is 143 Å². The molecule has 3 rings (SSSR count). The predicted octanol–water partition coefficient (Wildman–Crippen LogP) is 2.89. The number of hydrogen-bond acceptors (Lipinski definition) is 4. The molecule has 1 amide bonds. The van der Waals surface area contributed by atoms with Crippen LogP contribution in [0.25, 0.3) is 0 Å². The summed E-state index contributed by atoms with van der Waals surface area (Å²) in [6.07, 6.45) is 8.01. The van der Waals surface area contributed by atoms with Crippen LogP contribution in [-0.2, 0) is 6.42 Å². The molecule has 0 aliphatic heterocycles. The second-order valence-electron chi connectivity index (χ2n) is 6.94. The Morgan fingerprint density at radius 2 is 2.00 bits per heavy atom. The molecule has 1 heterocycles. The number of carbonyl (C=O) groups excluding carboxylic acids is 1. The van der Waals surface area contributed by atoms with Gasteiger partial charge in [0.15, 0.2) is 0 Å². The zero-order valence-electron chi connectivity index (χ0n) is 14.4. The third-order valence-corrected chi connectivity index (χ3v) is 5.27. The highest BCUT2D eigenvalue weighted by Crippen LogP contribution is 2.35. The molecule has 1 saturated carbocycles. The van der Waals surface area contributed by atoms with Crippen molar-refractivity contribution in [3.05, 3.63) is 53.9 Å². The van der Waals surface area contributed by atoms with Gasteiger partial charge in [0.05, 0.1) is 11.8 Å². The summed E-state index contributed by atoms with van der Waals surface area (Å²) in [5.41, 5.74) is 2.03. The van der Waals surface area contributed by atoms with Crippen LogP contribution in [0.1, 0.15) is 41.6 Å². The molecule has 128 valence electrons. The summed E-state index contributed by atoms with van der Waals surface area (Å²) in [4.78, 5) is 14.5. The van der Waals surface area contributed by atoms with Gasteiger partial charge in [-0.15, -0.1) is 0 Å². The van der Waals surface area contributed by atoms with Crippen molar-refractivity contribution in [2.75, 3.05) is 14.1 Å². The van der Waals surface area contributed by atoms with Crippen LogP contribution in [0.5, 0.6) is 0 Å². The van der Waals surface area contributed by atoms with Gasteiger partial charge in [-0.25, -0.2) is 0 Å². The van der Waals surface area contributed by atoms with Gasteiger partial charge in [0, 0.05) is 11.6 Å². The first-order valence-electron chi connectivity index (χ1n) is 8.51. The van der Waals surface area contributed by atoms with E-state index < -0.39 is 0 Å². The number of carbonyl (C=O) groups is 1. The third kappa shape index (κ3) is 3.67. The smallest absolute Gasteiger partial charge is 0.256 e. The molecule has 5 heteroatoms. The molecule has 0 bridgehead atoms. The average molecular weight is 327 g/mol. The van der Waals surface area contributed by atoms with Crippen molar-refractivity contribution in [1.29, 1.82) is 0 Å². The van der Waals surface area contributed by atoms with Crippen LogP contribution in [0, 0.1) is 0 Å². The standard InChI is InChI=1S/C19H25N3O2/c1-22(2)19(12-15-6-4-3-5-7-15)10-8-17(9-11-19)21-18(23)16-13-20-24-14-16/h3-7,13-14,17H,8-12H2,1-2H3,(H,21,23). The highest BCUT2D eigenvalue weighted by Gasteiger charge is 2.37. The zero-order chi connectivity index (χ0) is 17.0. The van der Waals surface area contributed by atoms with E-state index in [1.807, 2.05) is 0 Å². The quantitative estimate of drug-likeness (QED) is 0.917. The summed E-state index contributed by atoms with van der Waals surface area (Å²) in [5.74, 6) is -0.0957. The molecule has 1 aliphatic carbocycles. The number of hydrogen-bond donors (Lipinski definition) is 1. The molecule has 0 atom stereocenters.